The number of hydrogen-bond acceptors (Lipinski definition) is 8. The quantitative estimate of drug-likeness (QED) is 0.350. The zero-order valence-corrected chi connectivity index (χ0v) is 17.6. The summed E-state index contributed by atoms with van der Waals surface area (Å²) in [5.41, 5.74) is -0.804. The molecular weight excluding hydrogens is 419 g/mol. The lowest BCUT2D eigenvalue weighted by atomic mass is 9.72. The smallest absolute Gasteiger partial charge is 0.534 e. The van der Waals surface area contributed by atoms with Gasteiger partial charge in [-0.05, 0) is 38.8 Å². The van der Waals surface area contributed by atoms with Gasteiger partial charge in [-0.2, -0.15) is 0 Å². The number of fused-ring (bicyclic) bond motifs is 1. The maximum absolute atomic E-state index is 13.0. The normalized spacial score (nSPS) is 16.1. The van der Waals surface area contributed by atoms with Crippen molar-refractivity contribution in [3.05, 3.63) is 29.3 Å². The molecular formula is C19H24BF2NO8. The molecule has 1 aromatic rings. The van der Waals surface area contributed by atoms with Crippen LogP contribution in [0.15, 0.2) is 18.2 Å². The lowest BCUT2D eigenvalue weighted by molar-refractivity contribution is -0.173. The molecule has 0 aliphatic carbocycles. The fraction of sp³-hybridized carbons (Fsp3) is 0.526. The van der Waals surface area contributed by atoms with Crippen molar-refractivity contribution < 1.29 is 47.1 Å². The molecule has 1 aliphatic heterocycles. The highest BCUT2D eigenvalue weighted by Gasteiger charge is 2.39. The first-order valence-corrected chi connectivity index (χ1v) is 9.37. The van der Waals surface area contributed by atoms with Crippen molar-refractivity contribution in [2.75, 3.05) is 13.9 Å². The Morgan fingerprint density at radius 1 is 1.26 bits per heavy atom. The largest absolute Gasteiger partial charge is 0.547 e. The van der Waals surface area contributed by atoms with Gasteiger partial charge in [0.15, 0.2) is 5.60 Å². The zero-order valence-electron chi connectivity index (χ0n) is 17.6. The number of benzene rings is 1. The monoisotopic (exact) mass is 443 g/mol. The van der Waals surface area contributed by atoms with Crippen molar-refractivity contribution in [1.29, 1.82) is 0 Å². The fourth-order valence-electron chi connectivity index (χ4n) is 2.72. The molecule has 0 aromatic heterocycles. The second kappa shape index (κ2) is 9.61. The molecule has 0 saturated heterocycles. The van der Waals surface area contributed by atoms with Crippen molar-refractivity contribution in [2.45, 2.75) is 51.1 Å². The Hall–Kier alpha value is -2.73. The van der Waals surface area contributed by atoms with E-state index in [-0.39, 0.29) is 17.7 Å². The summed E-state index contributed by atoms with van der Waals surface area (Å²) < 4.78 is 46.1. The van der Waals surface area contributed by atoms with Crippen molar-refractivity contribution >= 4 is 25.0 Å². The Morgan fingerprint density at radius 2 is 1.94 bits per heavy atom. The van der Waals surface area contributed by atoms with E-state index in [0.717, 1.165) is 0 Å². The van der Waals surface area contributed by atoms with Crippen LogP contribution in [0.1, 0.15) is 43.1 Å². The Balaban J connectivity index is 2.03. The molecule has 1 aliphatic rings. The number of ether oxygens (including phenoxy) is 3. The molecule has 0 unspecified atom stereocenters. The standard InChI is InChI=1S/C19H24BF2NO8/c1-18(2,28-4)17(26)30-10-29-16(25)12-7-5-6-11-8-13(20(27)31-15(11)12)23-14(24)9-19(3,21)22/h5-7,13,27H,8-10H2,1-4H3,(H,23,24)/t13-/m0/s1. The summed E-state index contributed by atoms with van der Waals surface area (Å²) in [5.74, 6) is -6.71. The van der Waals surface area contributed by atoms with Crippen LogP contribution in [0.5, 0.6) is 5.75 Å². The maximum Gasteiger partial charge on any atom is 0.547 e. The molecule has 1 aromatic carbocycles. The van der Waals surface area contributed by atoms with Crippen LogP contribution in [0.3, 0.4) is 0 Å². The lowest BCUT2D eigenvalue weighted by Gasteiger charge is -2.29. The summed E-state index contributed by atoms with van der Waals surface area (Å²) in [6, 6.07) is 4.49. The molecule has 0 fully saturated rings. The number of amides is 1. The average Bonchev–Trinajstić information content (AvgIpc) is 2.66. The van der Waals surface area contributed by atoms with E-state index in [2.05, 4.69) is 5.32 Å². The van der Waals surface area contributed by atoms with E-state index in [0.29, 0.717) is 12.5 Å². The van der Waals surface area contributed by atoms with Crippen LogP contribution >= 0.6 is 0 Å². The van der Waals surface area contributed by atoms with Gasteiger partial charge in [-0.1, -0.05) is 12.1 Å². The van der Waals surface area contributed by atoms with E-state index in [4.69, 9.17) is 18.9 Å². The average molecular weight is 443 g/mol. The summed E-state index contributed by atoms with van der Waals surface area (Å²) in [5, 5.41) is 12.5. The molecule has 12 heteroatoms. The number of hydrogen-bond donors (Lipinski definition) is 2. The minimum Gasteiger partial charge on any atom is -0.534 e. The minimum absolute atomic E-state index is 0.0230. The minimum atomic E-state index is -3.19. The maximum atomic E-state index is 13.0. The van der Waals surface area contributed by atoms with Crippen molar-refractivity contribution in [3.63, 3.8) is 0 Å². The van der Waals surface area contributed by atoms with E-state index in [1.54, 1.807) is 6.07 Å². The van der Waals surface area contributed by atoms with Crippen molar-refractivity contribution in [2.24, 2.45) is 0 Å². The third kappa shape index (κ3) is 6.63. The predicted octanol–water partition coefficient (Wildman–Crippen LogP) is 1.25. The number of esters is 2. The highest BCUT2D eigenvalue weighted by atomic mass is 19.3. The Kier molecular flexibility index (Phi) is 7.61. The number of para-hydroxylation sites is 1. The van der Waals surface area contributed by atoms with Crippen LogP contribution in [0.25, 0.3) is 0 Å². The van der Waals surface area contributed by atoms with Gasteiger partial charge in [0.1, 0.15) is 11.3 Å². The molecule has 9 nitrogen and oxygen atoms in total. The van der Waals surface area contributed by atoms with Gasteiger partial charge < -0.3 is 29.2 Å². The number of alkyl halides is 2. The van der Waals surface area contributed by atoms with Crippen LogP contribution in [-0.2, 0) is 30.2 Å². The first-order chi connectivity index (χ1) is 14.3. The fourth-order valence-corrected chi connectivity index (χ4v) is 2.72. The number of halogens is 2. The molecule has 170 valence electrons. The van der Waals surface area contributed by atoms with Crippen LogP contribution in [0.2, 0.25) is 0 Å². The molecule has 2 rings (SSSR count). The summed E-state index contributed by atoms with van der Waals surface area (Å²) in [7, 11) is -0.244. The van der Waals surface area contributed by atoms with Crippen molar-refractivity contribution in [3.8, 4) is 5.75 Å². The van der Waals surface area contributed by atoms with E-state index in [1.165, 1.54) is 33.1 Å². The topological polar surface area (TPSA) is 120 Å². The summed E-state index contributed by atoms with van der Waals surface area (Å²) in [4.78, 5) is 35.9. The highest BCUT2D eigenvalue weighted by Crippen LogP contribution is 2.31. The van der Waals surface area contributed by atoms with Crippen LogP contribution in [0.4, 0.5) is 8.78 Å². The van der Waals surface area contributed by atoms with Gasteiger partial charge >= 0.3 is 19.1 Å². The number of nitrogens with one attached hydrogen (secondary N) is 1. The molecule has 0 radical (unpaired) electrons. The Labute approximate surface area is 178 Å². The van der Waals surface area contributed by atoms with Gasteiger partial charge in [0.2, 0.25) is 12.7 Å². The summed E-state index contributed by atoms with van der Waals surface area (Å²) in [6.45, 7) is 2.91. The summed E-state index contributed by atoms with van der Waals surface area (Å²) >= 11 is 0. The lowest BCUT2D eigenvalue weighted by Crippen LogP contribution is -2.53. The molecule has 2 N–H and O–H groups in total. The Morgan fingerprint density at radius 3 is 2.55 bits per heavy atom. The number of methoxy groups -OCH3 is 1. The van der Waals surface area contributed by atoms with Gasteiger partial charge in [-0.25, -0.2) is 18.4 Å². The van der Waals surface area contributed by atoms with Crippen molar-refractivity contribution in [1.82, 2.24) is 5.32 Å². The first kappa shape index (κ1) is 24.5. The van der Waals surface area contributed by atoms with Gasteiger partial charge in [0, 0.05) is 7.11 Å². The van der Waals surface area contributed by atoms with E-state index >= 15 is 0 Å². The van der Waals surface area contributed by atoms with Gasteiger partial charge in [0.25, 0.3) is 5.92 Å². The second-order valence-electron chi connectivity index (χ2n) is 7.62. The third-order valence-electron chi connectivity index (χ3n) is 4.54. The van der Waals surface area contributed by atoms with Gasteiger partial charge in [-0.3, -0.25) is 4.79 Å². The third-order valence-corrected chi connectivity index (χ3v) is 4.54. The van der Waals surface area contributed by atoms with E-state index in [9.17, 15) is 28.2 Å². The Bertz CT molecular complexity index is 843. The predicted molar refractivity (Wildman–Crippen MR) is 103 cm³/mol. The first-order valence-electron chi connectivity index (χ1n) is 9.37. The number of carbonyl (C=O) groups is 3. The van der Waals surface area contributed by atoms with Gasteiger partial charge in [0.05, 0.1) is 12.4 Å². The van der Waals surface area contributed by atoms with Gasteiger partial charge in [-0.15, -0.1) is 0 Å². The molecule has 0 bridgehead atoms. The molecule has 1 amide bonds. The number of carbonyl (C=O) groups excluding carboxylic acids is 3. The zero-order chi connectivity index (χ0) is 23.4. The highest BCUT2D eigenvalue weighted by molar-refractivity contribution is 6.47. The molecule has 1 heterocycles. The molecule has 31 heavy (non-hydrogen) atoms. The molecule has 1 atom stereocenters. The SMILES string of the molecule is COC(C)(C)C(=O)OCOC(=O)c1cccc2c1OB(O)[C@@H](NC(=O)CC(C)(F)F)C2. The van der Waals surface area contributed by atoms with Crippen LogP contribution in [-0.4, -0.2) is 61.4 Å². The van der Waals surface area contributed by atoms with E-state index in [1.807, 2.05) is 0 Å². The second-order valence-corrected chi connectivity index (χ2v) is 7.62. The van der Waals surface area contributed by atoms with E-state index < -0.39 is 55.6 Å². The number of rotatable bonds is 8. The van der Waals surface area contributed by atoms with Crippen LogP contribution in [0, 0.1) is 0 Å². The van der Waals surface area contributed by atoms with Crippen LogP contribution < -0.4 is 9.97 Å². The summed E-state index contributed by atoms with van der Waals surface area (Å²) in [6.07, 6.45) is -0.996. The molecule has 0 spiro atoms. The molecule has 0 saturated carbocycles.